The number of anilines is 2. The molecule has 6 aromatic rings. The van der Waals surface area contributed by atoms with Crippen molar-refractivity contribution in [3.8, 4) is 22.8 Å². The topological polar surface area (TPSA) is 185 Å². The van der Waals surface area contributed by atoms with Crippen LogP contribution in [0, 0.1) is 7.14 Å². The third-order valence-corrected chi connectivity index (χ3v) is 13.9. The number of rotatable bonds is 7. The molecule has 0 radical (unpaired) electrons. The van der Waals surface area contributed by atoms with Crippen LogP contribution in [0.1, 0.15) is 32.2 Å². The van der Waals surface area contributed by atoms with Gasteiger partial charge in [-0.05, 0) is 81.6 Å². The fourth-order valence-electron chi connectivity index (χ4n) is 5.55. The number of imidazole rings is 2. The number of carbonyl (C=O) groups excluding carboxylic acids is 1. The predicted molar refractivity (Wildman–Crippen MR) is 217 cm³/mol. The lowest BCUT2D eigenvalue weighted by molar-refractivity contribution is -0.141. The molecule has 304 valence electrons. The largest absolute Gasteiger partial charge is 0.433 e. The molecule has 4 aromatic heterocycles. The Kier molecular flexibility index (Phi) is 12.3. The minimum Gasteiger partial charge on any atom is -0.398 e. The van der Waals surface area contributed by atoms with Crippen molar-refractivity contribution < 1.29 is 48.0 Å². The molecule has 6 rings (SSSR count). The molecule has 0 spiro atoms. The summed E-state index contributed by atoms with van der Waals surface area (Å²) in [5.41, 5.74) is 5.62. The summed E-state index contributed by atoms with van der Waals surface area (Å²) in [5.74, 6) is -0.330. The first-order valence-corrected chi connectivity index (χ1v) is 21.7. The van der Waals surface area contributed by atoms with Crippen LogP contribution in [0.4, 0.5) is 37.7 Å². The van der Waals surface area contributed by atoms with E-state index in [-0.39, 0.29) is 61.0 Å². The van der Waals surface area contributed by atoms with Crippen LogP contribution in [0.3, 0.4) is 0 Å². The van der Waals surface area contributed by atoms with Gasteiger partial charge in [0, 0.05) is 45.0 Å². The molecule has 0 atom stereocenters. The maximum absolute atomic E-state index is 13.0. The summed E-state index contributed by atoms with van der Waals surface area (Å²) < 4.78 is 132. The molecule has 0 aliphatic carbocycles. The van der Waals surface area contributed by atoms with Gasteiger partial charge in [-0.1, -0.05) is 13.8 Å². The Morgan fingerprint density at radius 2 is 1.12 bits per heavy atom. The highest BCUT2D eigenvalue weighted by Crippen LogP contribution is 2.38. The summed E-state index contributed by atoms with van der Waals surface area (Å²) in [7, 11) is -4.22. The Balaban J connectivity index is 0.000000219. The first-order valence-electron chi connectivity index (χ1n) is 16.3. The molecule has 0 saturated carbocycles. The van der Waals surface area contributed by atoms with Crippen molar-refractivity contribution in [2.24, 2.45) is 14.1 Å². The second-order valence-corrected chi connectivity index (χ2v) is 19.1. The summed E-state index contributed by atoms with van der Waals surface area (Å²) in [6, 6.07) is 7.47. The van der Waals surface area contributed by atoms with Crippen molar-refractivity contribution >= 4 is 104 Å². The van der Waals surface area contributed by atoms with Crippen LogP contribution in [-0.4, -0.2) is 63.3 Å². The van der Waals surface area contributed by atoms with Crippen molar-refractivity contribution in [3.05, 3.63) is 67.3 Å². The van der Waals surface area contributed by atoms with Crippen molar-refractivity contribution in [2.45, 2.75) is 42.9 Å². The predicted octanol–water partition coefficient (Wildman–Crippen LogP) is 7.65. The quantitative estimate of drug-likeness (QED) is 0.0915. The Bertz CT molecular complexity index is 2810. The lowest BCUT2D eigenvalue weighted by Crippen LogP contribution is -2.12. The van der Waals surface area contributed by atoms with Crippen LogP contribution < -0.4 is 11.1 Å². The number of nitrogens with zero attached hydrogens (tertiary/aromatic N) is 6. The van der Waals surface area contributed by atoms with Crippen LogP contribution in [0.25, 0.3) is 44.8 Å². The summed E-state index contributed by atoms with van der Waals surface area (Å²) >= 11 is 3.90. The fourth-order valence-corrected chi connectivity index (χ4v) is 8.82. The molecule has 3 N–H and O–H groups in total. The van der Waals surface area contributed by atoms with E-state index in [2.05, 4.69) is 25.3 Å². The molecule has 1 amide bonds. The summed E-state index contributed by atoms with van der Waals surface area (Å²) in [6.45, 7) is 4.28. The van der Waals surface area contributed by atoms with Gasteiger partial charge in [-0.3, -0.25) is 4.79 Å². The Morgan fingerprint density at radius 1 is 0.719 bits per heavy atom. The molecule has 0 unspecified atom stereocenters. The highest BCUT2D eigenvalue weighted by molar-refractivity contribution is 14.1. The van der Waals surface area contributed by atoms with Gasteiger partial charge >= 0.3 is 12.4 Å². The number of nitrogens with two attached hydrogens (primary N) is 1. The Labute approximate surface area is 348 Å². The number of hydrogen-bond donors (Lipinski definition) is 2. The SMILES string of the molecule is CCS(=O)(=O)c1cc(N)c(I)cc1-c1nc2cc(C(F)(F)F)ncc2n1C.CCS(=O)(=O)c1cc(NC(C)=O)c(I)cc1-c1nc2cc(C(F)(F)F)ncc2n1C. The van der Waals surface area contributed by atoms with Gasteiger partial charge in [0.2, 0.25) is 5.91 Å². The van der Waals surface area contributed by atoms with Crippen LogP contribution in [0.2, 0.25) is 0 Å². The molecule has 0 aliphatic heterocycles. The number of nitrogens with one attached hydrogen (secondary N) is 1. The highest BCUT2D eigenvalue weighted by atomic mass is 127. The van der Waals surface area contributed by atoms with E-state index in [1.165, 1.54) is 48.1 Å². The number of sulfone groups is 2. The molecule has 13 nitrogen and oxygen atoms in total. The molecule has 0 bridgehead atoms. The zero-order valence-corrected chi connectivity index (χ0v) is 36.1. The molecule has 0 saturated heterocycles. The van der Waals surface area contributed by atoms with Gasteiger partial charge in [0.15, 0.2) is 19.7 Å². The third kappa shape index (κ3) is 8.99. The van der Waals surface area contributed by atoms with E-state index < -0.39 is 43.4 Å². The van der Waals surface area contributed by atoms with Crippen LogP contribution in [0.15, 0.2) is 58.6 Å². The fraction of sp³-hybridized carbons (Fsp3) is 0.265. The van der Waals surface area contributed by atoms with E-state index in [0.717, 1.165) is 24.5 Å². The summed E-state index contributed by atoms with van der Waals surface area (Å²) in [6.07, 6.45) is -7.10. The zero-order valence-electron chi connectivity index (χ0n) is 30.2. The third-order valence-electron chi connectivity index (χ3n) is 8.51. The number of fused-ring (bicyclic) bond motifs is 2. The molecule has 0 fully saturated rings. The molecule has 2 aromatic carbocycles. The van der Waals surface area contributed by atoms with Gasteiger partial charge in [-0.25, -0.2) is 36.8 Å². The van der Waals surface area contributed by atoms with Crippen LogP contribution in [-0.2, 0) is 50.9 Å². The number of nitrogen functional groups attached to an aromatic ring is 1. The number of halogens is 8. The molecule has 23 heteroatoms. The first kappa shape index (κ1) is 44.0. The smallest absolute Gasteiger partial charge is 0.398 e. The van der Waals surface area contributed by atoms with E-state index in [1.807, 2.05) is 45.2 Å². The molecule has 57 heavy (non-hydrogen) atoms. The minimum atomic E-state index is -4.63. The highest BCUT2D eigenvalue weighted by Gasteiger charge is 2.34. The van der Waals surface area contributed by atoms with E-state index >= 15 is 0 Å². The maximum atomic E-state index is 13.0. The average Bonchev–Trinajstić information content (AvgIpc) is 3.64. The number of pyridine rings is 2. The van der Waals surface area contributed by atoms with E-state index in [9.17, 15) is 48.0 Å². The van der Waals surface area contributed by atoms with Gasteiger partial charge in [0.25, 0.3) is 0 Å². The minimum absolute atomic E-state index is 0.00896. The molecule has 0 aliphatic rings. The second-order valence-electron chi connectivity index (χ2n) is 12.3. The molecule has 4 heterocycles. The Hall–Kier alpha value is -4.11. The lowest BCUT2D eigenvalue weighted by Gasteiger charge is -2.14. The number of alkyl halides is 6. The van der Waals surface area contributed by atoms with E-state index in [1.54, 1.807) is 20.2 Å². The first-order chi connectivity index (χ1) is 26.3. The lowest BCUT2D eigenvalue weighted by atomic mass is 10.2. The number of benzene rings is 2. The monoisotopic (exact) mass is 1060 g/mol. The standard InChI is InChI=1S/C18H16F3IN4O3S.C16H14F3IN4O2S/c1-4-30(28,29)15-6-12(24-9(2)27)11(22)5-10(15)17-25-13-7-16(18(19,20)21)23-8-14(13)26(17)3;1-3-27(25,26)13-5-10(21)9(20)4-8(13)15-23-11-6-14(16(17,18)19)22-7-12(11)24(15)2/h5-8H,4H2,1-3H3,(H,24,27);4-7H,3,21H2,1-2H3. The Morgan fingerprint density at radius 3 is 1.51 bits per heavy atom. The van der Waals surface area contributed by atoms with Gasteiger partial charge in [0.1, 0.15) is 23.0 Å². The molecular formula is C34H30F6I2N8O5S2. The van der Waals surface area contributed by atoms with Crippen molar-refractivity contribution in [3.63, 3.8) is 0 Å². The second kappa shape index (κ2) is 15.9. The van der Waals surface area contributed by atoms with E-state index in [4.69, 9.17) is 5.73 Å². The van der Waals surface area contributed by atoms with Gasteiger partial charge in [0.05, 0.1) is 61.4 Å². The number of carbonyl (C=O) groups is 1. The number of amides is 1. The zero-order chi connectivity index (χ0) is 42.6. The van der Waals surface area contributed by atoms with Crippen LogP contribution >= 0.6 is 45.2 Å². The summed E-state index contributed by atoms with van der Waals surface area (Å²) in [4.78, 5) is 26.8. The number of aryl methyl sites for hydroxylation is 2. The van der Waals surface area contributed by atoms with Gasteiger partial charge in [-0.2, -0.15) is 26.3 Å². The number of aromatic nitrogens is 6. The number of hydrogen-bond acceptors (Lipinski definition) is 10. The van der Waals surface area contributed by atoms with E-state index in [0.29, 0.717) is 29.5 Å². The average molecular weight is 1060 g/mol. The van der Waals surface area contributed by atoms with Gasteiger partial charge in [-0.15, -0.1) is 0 Å². The maximum Gasteiger partial charge on any atom is 0.433 e. The van der Waals surface area contributed by atoms with Gasteiger partial charge < -0.3 is 20.2 Å². The van der Waals surface area contributed by atoms with Crippen molar-refractivity contribution in [1.29, 1.82) is 0 Å². The summed E-state index contributed by atoms with van der Waals surface area (Å²) in [5, 5.41) is 2.58. The normalized spacial score (nSPS) is 12.5. The van der Waals surface area contributed by atoms with Crippen molar-refractivity contribution in [2.75, 3.05) is 22.6 Å². The van der Waals surface area contributed by atoms with Crippen LogP contribution in [0.5, 0.6) is 0 Å². The molecular weight excluding hydrogens is 1030 g/mol. The van der Waals surface area contributed by atoms with Crippen molar-refractivity contribution in [1.82, 2.24) is 29.1 Å².